The topological polar surface area (TPSA) is 112 Å². The van der Waals surface area contributed by atoms with Gasteiger partial charge in [-0.3, -0.25) is 14.4 Å². The summed E-state index contributed by atoms with van der Waals surface area (Å²) in [5, 5.41) is 24.1. The number of aromatic nitrogens is 1. The van der Waals surface area contributed by atoms with Crippen LogP contribution >= 0.6 is 0 Å². The van der Waals surface area contributed by atoms with E-state index >= 15 is 0 Å². The maximum absolute atomic E-state index is 14.1. The summed E-state index contributed by atoms with van der Waals surface area (Å²) in [7, 11) is 0. The number of pyridine rings is 1. The highest BCUT2D eigenvalue weighted by atomic mass is 19.1. The van der Waals surface area contributed by atoms with Gasteiger partial charge >= 0.3 is 0 Å². The van der Waals surface area contributed by atoms with E-state index in [1.807, 2.05) is 0 Å². The zero-order valence-corrected chi connectivity index (χ0v) is 18.3. The van der Waals surface area contributed by atoms with Gasteiger partial charge in [0.2, 0.25) is 5.43 Å². The molecule has 3 heterocycles. The van der Waals surface area contributed by atoms with Crippen LogP contribution in [0.4, 0.5) is 8.78 Å². The van der Waals surface area contributed by atoms with E-state index in [4.69, 9.17) is 0 Å². The van der Waals surface area contributed by atoms with Crippen LogP contribution in [0.3, 0.4) is 0 Å². The Bertz CT molecular complexity index is 1190. The van der Waals surface area contributed by atoms with Gasteiger partial charge in [0.1, 0.15) is 17.2 Å². The van der Waals surface area contributed by atoms with Crippen LogP contribution in [-0.2, 0) is 6.54 Å². The number of carbonyl (C=O) groups excluding carboxylic acids is 2. The smallest absolute Gasteiger partial charge is 0.274 e. The number of amides is 2. The number of hydrogen-bond acceptors (Lipinski definition) is 5. The van der Waals surface area contributed by atoms with E-state index in [-0.39, 0.29) is 17.8 Å². The molecule has 2 amide bonds. The number of halogens is 2. The van der Waals surface area contributed by atoms with Crippen molar-refractivity contribution in [2.24, 2.45) is 0 Å². The fourth-order valence-electron chi connectivity index (χ4n) is 4.71. The van der Waals surface area contributed by atoms with Crippen LogP contribution in [0.5, 0.6) is 5.75 Å². The summed E-state index contributed by atoms with van der Waals surface area (Å²) in [6.07, 6.45) is 2.45. The van der Waals surface area contributed by atoms with Gasteiger partial charge in [0, 0.05) is 31.4 Å². The van der Waals surface area contributed by atoms with Crippen molar-refractivity contribution in [2.45, 2.75) is 51.3 Å². The second-order valence-corrected chi connectivity index (χ2v) is 8.69. The van der Waals surface area contributed by atoms with E-state index in [9.17, 15) is 33.4 Å². The zero-order chi connectivity index (χ0) is 24.1. The third-order valence-electron chi connectivity index (χ3n) is 6.66. The lowest BCUT2D eigenvalue weighted by atomic mass is 9.86. The van der Waals surface area contributed by atoms with Crippen LogP contribution < -0.4 is 10.7 Å². The van der Waals surface area contributed by atoms with Crippen LogP contribution in [0.15, 0.2) is 23.1 Å². The molecule has 2 aliphatic heterocycles. The monoisotopic (exact) mass is 461 g/mol. The molecule has 0 saturated carbocycles. The predicted molar refractivity (Wildman–Crippen MR) is 114 cm³/mol. The molecule has 176 valence electrons. The molecule has 8 nitrogen and oxygen atoms in total. The quantitative estimate of drug-likeness (QED) is 0.645. The number of aromatic hydroxyl groups is 1. The number of fused-ring (bicyclic) bond motifs is 4. The van der Waals surface area contributed by atoms with Crippen LogP contribution in [0, 0.1) is 18.6 Å². The van der Waals surface area contributed by atoms with Crippen LogP contribution in [0.2, 0.25) is 0 Å². The number of hydrogen-bond donors (Lipinski definition) is 3. The van der Waals surface area contributed by atoms with Gasteiger partial charge < -0.3 is 25.0 Å². The van der Waals surface area contributed by atoms with Gasteiger partial charge in [0.25, 0.3) is 11.8 Å². The molecule has 0 spiro atoms. The van der Waals surface area contributed by atoms with Crippen molar-refractivity contribution >= 4 is 11.8 Å². The third-order valence-corrected chi connectivity index (χ3v) is 6.66. The van der Waals surface area contributed by atoms with Crippen molar-refractivity contribution < 1.29 is 28.6 Å². The van der Waals surface area contributed by atoms with E-state index in [1.54, 1.807) is 6.92 Å². The van der Waals surface area contributed by atoms with Gasteiger partial charge in [-0.05, 0) is 43.9 Å². The minimum atomic E-state index is -1.21. The molecule has 1 aromatic heterocycles. The van der Waals surface area contributed by atoms with Crippen LogP contribution in [-0.4, -0.2) is 50.2 Å². The molecular weight excluding hydrogens is 436 g/mol. The maximum Gasteiger partial charge on any atom is 0.274 e. The highest BCUT2D eigenvalue weighted by molar-refractivity contribution is 5.99. The summed E-state index contributed by atoms with van der Waals surface area (Å²) in [5.74, 6) is -4.09. The predicted octanol–water partition coefficient (Wildman–Crippen LogP) is 2.00. The van der Waals surface area contributed by atoms with Gasteiger partial charge in [0.15, 0.2) is 11.4 Å². The first-order chi connectivity index (χ1) is 15.6. The lowest BCUT2D eigenvalue weighted by Crippen LogP contribution is -2.50. The molecular formula is C23H25F2N3O5. The minimum Gasteiger partial charge on any atom is -0.503 e. The average Bonchev–Trinajstić information content (AvgIpc) is 2.91. The largest absolute Gasteiger partial charge is 0.503 e. The lowest BCUT2D eigenvalue weighted by molar-refractivity contribution is -0.0270. The van der Waals surface area contributed by atoms with Crippen LogP contribution in [0.1, 0.15) is 64.2 Å². The Morgan fingerprint density at radius 2 is 1.94 bits per heavy atom. The summed E-state index contributed by atoms with van der Waals surface area (Å²) >= 11 is 0. The lowest BCUT2D eigenvalue weighted by Gasteiger charge is -2.41. The minimum absolute atomic E-state index is 0.166. The molecule has 33 heavy (non-hydrogen) atoms. The summed E-state index contributed by atoms with van der Waals surface area (Å²) in [6, 6.07) is 1.57. The van der Waals surface area contributed by atoms with Gasteiger partial charge in [-0.15, -0.1) is 0 Å². The molecule has 2 aromatic rings. The number of nitrogens with zero attached hydrogens (tertiary/aromatic N) is 2. The van der Waals surface area contributed by atoms with E-state index < -0.39 is 58.4 Å². The summed E-state index contributed by atoms with van der Waals surface area (Å²) in [6.45, 7) is 3.35. The normalized spacial score (nSPS) is 22.0. The van der Waals surface area contributed by atoms with Crippen molar-refractivity contribution in [3.8, 4) is 5.75 Å². The fraction of sp³-hybridized carbons (Fsp3) is 0.435. The first-order valence-corrected chi connectivity index (χ1v) is 10.8. The standard InChI is InChI=1S/C23H25F2N3O5/c1-3-23(33)5-4-6-27-11-17(23)28-10-14(19(29)20(30)18(28)22(27)32)21(31)26-9-13-15(24)7-12(2)8-16(13)25/h7-8,10,17,30,33H,3-6,9,11H2,1-2H3,(H,26,31). The Kier molecular flexibility index (Phi) is 5.73. The Hall–Kier alpha value is -3.27. The van der Waals surface area contributed by atoms with Crippen LogP contribution in [0.25, 0.3) is 0 Å². The zero-order valence-electron chi connectivity index (χ0n) is 18.3. The molecule has 3 N–H and O–H groups in total. The number of nitrogens with one attached hydrogen (secondary N) is 1. The maximum atomic E-state index is 14.1. The molecule has 1 saturated heterocycles. The molecule has 10 heteroatoms. The first-order valence-electron chi connectivity index (χ1n) is 10.8. The Balaban J connectivity index is 1.73. The Morgan fingerprint density at radius 1 is 1.27 bits per heavy atom. The van der Waals surface area contributed by atoms with E-state index in [2.05, 4.69) is 5.32 Å². The molecule has 2 bridgehead atoms. The van der Waals surface area contributed by atoms with Crippen molar-refractivity contribution in [3.05, 3.63) is 62.6 Å². The number of benzene rings is 1. The van der Waals surface area contributed by atoms with Crippen molar-refractivity contribution in [3.63, 3.8) is 0 Å². The number of carbonyl (C=O) groups is 2. The summed E-state index contributed by atoms with van der Waals surface area (Å²) in [4.78, 5) is 39.9. The Morgan fingerprint density at radius 3 is 2.58 bits per heavy atom. The summed E-state index contributed by atoms with van der Waals surface area (Å²) < 4.78 is 29.5. The second-order valence-electron chi connectivity index (χ2n) is 8.69. The first kappa shape index (κ1) is 22.9. The van der Waals surface area contributed by atoms with Gasteiger partial charge in [-0.2, -0.15) is 0 Å². The molecule has 2 unspecified atom stereocenters. The van der Waals surface area contributed by atoms with Crippen molar-refractivity contribution in [2.75, 3.05) is 13.1 Å². The van der Waals surface area contributed by atoms with Crippen molar-refractivity contribution in [1.82, 2.24) is 14.8 Å². The van der Waals surface area contributed by atoms with Gasteiger partial charge in [0.05, 0.1) is 11.6 Å². The SMILES string of the molecule is CCC1(O)CCCN2CC1n1cc(C(=O)NCc3c(F)cc(C)cc3F)c(=O)c(O)c1C2=O. The third kappa shape index (κ3) is 3.78. The van der Waals surface area contributed by atoms with E-state index in [0.717, 1.165) is 18.3 Å². The second kappa shape index (κ2) is 8.26. The Labute approximate surface area is 188 Å². The highest BCUT2D eigenvalue weighted by Gasteiger charge is 2.46. The molecule has 1 aromatic carbocycles. The fourth-order valence-corrected chi connectivity index (χ4v) is 4.71. The molecule has 2 atom stereocenters. The molecule has 0 aliphatic carbocycles. The number of rotatable bonds is 4. The highest BCUT2D eigenvalue weighted by Crippen LogP contribution is 2.39. The molecule has 0 radical (unpaired) electrons. The number of aliphatic hydroxyl groups is 1. The molecule has 2 aliphatic rings. The van der Waals surface area contributed by atoms with E-state index in [1.165, 1.54) is 16.4 Å². The van der Waals surface area contributed by atoms with Crippen molar-refractivity contribution in [1.29, 1.82) is 0 Å². The molecule has 4 rings (SSSR count). The van der Waals surface area contributed by atoms with Gasteiger partial charge in [-0.1, -0.05) is 6.92 Å². The summed E-state index contributed by atoms with van der Waals surface area (Å²) in [5.41, 5.74) is -3.05. The molecule has 1 fully saturated rings. The average molecular weight is 461 g/mol. The number of aryl methyl sites for hydroxylation is 1. The van der Waals surface area contributed by atoms with E-state index in [0.29, 0.717) is 31.4 Å². The van der Waals surface area contributed by atoms with Gasteiger partial charge in [-0.25, -0.2) is 8.78 Å².